The van der Waals surface area contributed by atoms with Gasteiger partial charge in [0.1, 0.15) is 13.3 Å². The van der Waals surface area contributed by atoms with E-state index in [4.69, 9.17) is 16.3 Å². The van der Waals surface area contributed by atoms with Gasteiger partial charge in [-0.1, -0.05) is 17.7 Å². The van der Waals surface area contributed by atoms with Crippen molar-refractivity contribution < 1.29 is 31.5 Å². The normalized spacial score (nSPS) is 16.1. The number of hydrogen-bond donors (Lipinski definition) is 0. The lowest BCUT2D eigenvalue weighted by Crippen LogP contribution is -2.59. The average Bonchev–Trinajstić information content (AvgIpc) is 3.15. The lowest BCUT2D eigenvalue weighted by atomic mass is 10.0. The van der Waals surface area contributed by atoms with E-state index >= 15 is 0 Å². The predicted octanol–water partition coefficient (Wildman–Crippen LogP) is 5.29. The SMILES string of the molecule is CS(C)(C)CCOCn1cc(-c2ccc(Cl)c(C(F)(F)F)c2)c2c(=O)n(CC(=O)N3CC(F)(F)C3)ccc21. The number of hydrogen-bond acceptors (Lipinski definition) is 3. The van der Waals surface area contributed by atoms with E-state index in [9.17, 15) is 31.5 Å². The molecule has 0 aliphatic carbocycles. The fourth-order valence-corrected chi connectivity index (χ4v) is 4.96. The van der Waals surface area contributed by atoms with Gasteiger partial charge in [0.25, 0.3) is 11.5 Å². The van der Waals surface area contributed by atoms with Crippen LogP contribution in [0.4, 0.5) is 22.0 Å². The first kappa shape index (κ1) is 28.4. The number of nitrogens with zero attached hydrogens (tertiary/aromatic N) is 3. The third-order valence-electron chi connectivity index (χ3n) is 6.16. The summed E-state index contributed by atoms with van der Waals surface area (Å²) in [6, 6.07) is 4.91. The number of carbonyl (C=O) groups is 1. The standard InChI is InChI=1S/C25H27ClF5N3O3S/c1-38(2,3)9-8-37-15-33-11-17(16-4-5-19(26)18(10-16)25(29,30)31)22-20(33)6-7-32(23(22)36)12-21(35)34-13-24(27,28)14-34/h4-7,10-11H,8-9,12-15H2,1-3H3. The summed E-state index contributed by atoms with van der Waals surface area (Å²) in [5.41, 5.74) is -0.981. The fraction of sp³-hybridized carbons (Fsp3) is 0.440. The van der Waals surface area contributed by atoms with Crippen molar-refractivity contribution in [3.8, 4) is 11.1 Å². The van der Waals surface area contributed by atoms with Gasteiger partial charge in [-0.3, -0.25) is 9.59 Å². The Morgan fingerprint density at radius 1 is 1.13 bits per heavy atom. The van der Waals surface area contributed by atoms with Crippen LogP contribution in [0.1, 0.15) is 5.56 Å². The van der Waals surface area contributed by atoms with Gasteiger partial charge in [-0.05, 0) is 42.5 Å². The number of likely N-dealkylation sites (tertiary alicyclic amines) is 1. The molecule has 0 saturated carbocycles. The molecule has 1 aliphatic heterocycles. The van der Waals surface area contributed by atoms with Crippen LogP contribution in [0, 0.1) is 0 Å². The molecule has 0 bridgehead atoms. The lowest BCUT2D eigenvalue weighted by Gasteiger charge is -2.38. The monoisotopic (exact) mass is 579 g/mol. The van der Waals surface area contributed by atoms with Gasteiger partial charge in [0.05, 0.1) is 41.2 Å². The molecule has 1 fully saturated rings. The Kier molecular flexibility index (Phi) is 7.63. The number of fused-ring (bicyclic) bond motifs is 1. The Morgan fingerprint density at radius 3 is 2.42 bits per heavy atom. The molecule has 2 aromatic heterocycles. The summed E-state index contributed by atoms with van der Waals surface area (Å²) in [4.78, 5) is 26.9. The molecule has 3 heterocycles. The topological polar surface area (TPSA) is 56.5 Å². The summed E-state index contributed by atoms with van der Waals surface area (Å²) >= 11 is 5.79. The molecule has 0 spiro atoms. The van der Waals surface area contributed by atoms with Crippen molar-refractivity contribution in [3.05, 3.63) is 57.6 Å². The van der Waals surface area contributed by atoms with Crippen LogP contribution in [-0.4, -0.2) is 70.1 Å². The van der Waals surface area contributed by atoms with E-state index in [0.717, 1.165) is 27.4 Å². The molecule has 3 aromatic rings. The first-order valence-electron chi connectivity index (χ1n) is 11.5. The number of benzene rings is 1. The van der Waals surface area contributed by atoms with Crippen molar-refractivity contribution in [1.29, 1.82) is 0 Å². The van der Waals surface area contributed by atoms with E-state index in [1.54, 1.807) is 10.6 Å². The molecular weight excluding hydrogens is 553 g/mol. The Hall–Kier alpha value is -2.57. The second kappa shape index (κ2) is 10.2. The average molecular weight is 580 g/mol. The van der Waals surface area contributed by atoms with Gasteiger partial charge in [-0.15, -0.1) is 0 Å². The van der Waals surface area contributed by atoms with Crippen molar-refractivity contribution in [2.24, 2.45) is 0 Å². The number of ether oxygens (including phenoxy) is 1. The molecular formula is C25H27ClF5N3O3S. The first-order valence-corrected chi connectivity index (χ1v) is 14.9. The molecule has 6 nitrogen and oxygen atoms in total. The minimum absolute atomic E-state index is 0.0526. The second-order valence-electron chi connectivity index (χ2n) is 10.2. The summed E-state index contributed by atoms with van der Waals surface area (Å²) in [5.74, 6) is -2.76. The van der Waals surface area contributed by atoms with Crippen LogP contribution in [-0.2, 0) is 29.0 Å². The van der Waals surface area contributed by atoms with Gasteiger partial charge >= 0.3 is 6.18 Å². The largest absolute Gasteiger partial charge is 0.417 e. The molecule has 0 unspecified atom stereocenters. The van der Waals surface area contributed by atoms with Crippen molar-refractivity contribution in [2.45, 2.75) is 25.4 Å². The van der Waals surface area contributed by atoms with Crippen LogP contribution >= 0.6 is 21.6 Å². The maximum atomic E-state index is 13.6. The summed E-state index contributed by atoms with van der Waals surface area (Å²) < 4.78 is 75.5. The van der Waals surface area contributed by atoms with Crippen molar-refractivity contribution in [1.82, 2.24) is 14.0 Å². The number of aromatic nitrogens is 2. The van der Waals surface area contributed by atoms with Crippen LogP contribution in [0.15, 0.2) is 41.5 Å². The summed E-state index contributed by atoms with van der Waals surface area (Å²) in [6.45, 7) is -1.41. The van der Waals surface area contributed by atoms with Crippen molar-refractivity contribution in [3.63, 3.8) is 0 Å². The maximum absolute atomic E-state index is 13.6. The number of amides is 1. The highest BCUT2D eigenvalue weighted by molar-refractivity contribution is 8.32. The summed E-state index contributed by atoms with van der Waals surface area (Å²) in [7, 11) is -0.807. The number of rotatable bonds is 8. The van der Waals surface area contributed by atoms with Crippen LogP contribution < -0.4 is 5.56 Å². The Labute approximate surface area is 222 Å². The van der Waals surface area contributed by atoms with Gasteiger partial charge in [-0.25, -0.2) is 18.8 Å². The summed E-state index contributed by atoms with van der Waals surface area (Å²) in [6.07, 6.45) is 4.61. The van der Waals surface area contributed by atoms with Gasteiger partial charge in [-0.2, -0.15) is 13.2 Å². The van der Waals surface area contributed by atoms with Crippen LogP contribution in [0.2, 0.25) is 5.02 Å². The zero-order valence-corrected chi connectivity index (χ0v) is 22.5. The highest BCUT2D eigenvalue weighted by atomic mass is 35.5. The molecule has 13 heteroatoms. The van der Waals surface area contributed by atoms with E-state index in [1.807, 2.05) is 0 Å². The quantitative estimate of drug-likeness (QED) is 0.269. The summed E-state index contributed by atoms with van der Waals surface area (Å²) in [5, 5.41) is -0.401. The third-order valence-corrected chi connectivity index (χ3v) is 7.88. The molecule has 1 aromatic carbocycles. The van der Waals surface area contributed by atoms with E-state index in [0.29, 0.717) is 12.1 Å². The van der Waals surface area contributed by atoms with Crippen molar-refractivity contribution >= 4 is 38.4 Å². The molecule has 0 N–H and O–H groups in total. The minimum atomic E-state index is -4.71. The number of pyridine rings is 1. The van der Waals surface area contributed by atoms with Crippen LogP contribution in [0.5, 0.6) is 0 Å². The molecule has 4 rings (SSSR count). The molecule has 1 amide bonds. The van der Waals surface area contributed by atoms with E-state index in [2.05, 4.69) is 18.8 Å². The molecule has 1 aliphatic rings. The van der Waals surface area contributed by atoms with Gasteiger partial charge < -0.3 is 18.8 Å². The zero-order chi connectivity index (χ0) is 28.0. The Bertz CT molecular complexity index is 1420. The highest BCUT2D eigenvalue weighted by Crippen LogP contribution is 2.39. The number of alkyl halides is 5. The number of halogens is 6. The molecule has 1 saturated heterocycles. The molecule has 0 atom stereocenters. The fourth-order valence-electron chi connectivity index (χ4n) is 4.11. The minimum Gasteiger partial charge on any atom is -0.360 e. The van der Waals surface area contributed by atoms with E-state index in [1.165, 1.54) is 18.5 Å². The highest BCUT2D eigenvalue weighted by Gasteiger charge is 2.46. The number of carbonyl (C=O) groups excluding carboxylic acids is 1. The third kappa shape index (κ3) is 6.18. The van der Waals surface area contributed by atoms with E-state index in [-0.39, 0.29) is 23.2 Å². The first-order chi connectivity index (χ1) is 17.6. The molecule has 0 radical (unpaired) electrons. The maximum Gasteiger partial charge on any atom is 0.417 e. The Balaban J connectivity index is 1.75. The van der Waals surface area contributed by atoms with Crippen LogP contribution in [0.3, 0.4) is 0 Å². The lowest BCUT2D eigenvalue weighted by molar-refractivity contribution is -0.166. The predicted molar refractivity (Wildman–Crippen MR) is 139 cm³/mol. The van der Waals surface area contributed by atoms with Gasteiger partial charge in [0.15, 0.2) is 0 Å². The van der Waals surface area contributed by atoms with Gasteiger partial charge in [0.2, 0.25) is 5.91 Å². The Morgan fingerprint density at radius 2 is 1.82 bits per heavy atom. The molecule has 38 heavy (non-hydrogen) atoms. The van der Waals surface area contributed by atoms with Crippen LogP contribution in [0.25, 0.3) is 22.0 Å². The second-order valence-corrected chi connectivity index (χ2v) is 15.1. The zero-order valence-electron chi connectivity index (χ0n) is 20.9. The van der Waals surface area contributed by atoms with E-state index < -0.39 is 63.8 Å². The van der Waals surface area contributed by atoms with Gasteiger partial charge in [0, 0.05) is 23.7 Å². The molecule has 208 valence electrons. The smallest absolute Gasteiger partial charge is 0.360 e. The van der Waals surface area contributed by atoms with Crippen molar-refractivity contribution in [2.75, 3.05) is 44.2 Å².